The summed E-state index contributed by atoms with van der Waals surface area (Å²) in [4.78, 5) is 13.8. The molecule has 48 heavy (non-hydrogen) atoms. The molecule has 10 rings (SSSR count). The lowest BCUT2D eigenvalue weighted by Crippen LogP contribution is -1.92. The zero-order valence-corrected chi connectivity index (χ0v) is 25.9. The summed E-state index contributed by atoms with van der Waals surface area (Å²) in [6.07, 6.45) is 7.51. The van der Waals surface area contributed by atoms with Crippen LogP contribution in [0.3, 0.4) is 0 Å². The summed E-state index contributed by atoms with van der Waals surface area (Å²) in [5, 5.41) is 9.85. The van der Waals surface area contributed by atoms with Crippen molar-refractivity contribution in [3.63, 3.8) is 0 Å². The molecule has 0 N–H and O–H groups in total. The summed E-state index contributed by atoms with van der Waals surface area (Å²) >= 11 is 0. The van der Waals surface area contributed by atoms with Crippen LogP contribution in [0.1, 0.15) is 0 Å². The predicted molar refractivity (Wildman–Crippen MR) is 200 cm³/mol. The average Bonchev–Trinajstić information content (AvgIpc) is 3.16. The monoisotopic (exact) mass is 609 g/mol. The first-order valence-corrected chi connectivity index (χ1v) is 16.2. The van der Waals surface area contributed by atoms with Crippen LogP contribution < -0.4 is 0 Å². The lowest BCUT2D eigenvalue weighted by atomic mass is 9.86. The molecule has 0 atom stereocenters. The van der Waals surface area contributed by atoms with Gasteiger partial charge >= 0.3 is 0 Å². The molecule has 3 heterocycles. The average molecular weight is 610 g/mol. The lowest BCUT2D eigenvalue weighted by molar-refractivity contribution is 1.33. The third kappa shape index (κ3) is 4.11. The van der Waals surface area contributed by atoms with Crippen molar-refractivity contribution in [2.45, 2.75) is 0 Å². The van der Waals surface area contributed by atoms with E-state index in [4.69, 9.17) is 0 Å². The Hall–Kier alpha value is -6.45. The predicted octanol–water partition coefficient (Wildman–Crippen LogP) is 11.7. The van der Waals surface area contributed by atoms with Crippen LogP contribution >= 0.6 is 0 Å². The molecule has 0 saturated heterocycles. The number of fused-ring (bicyclic) bond motifs is 2. The Morgan fingerprint density at radius 3 is 1.33 bits per heavy atom. The molecule has 222 valence electrons. The summed E-state index contributed by atoms with van der Waals surface area (Å²) in [6, 6.07) is 50.5. The minimum absolute atomic E-state index is 0.989. The molecular formula is C45H27N3. The Kier molecular flexibility index (Phi) is 5.87. The van der Waals surface area contributed by atoms with Crippen LogP contribution in [0.25, 0.3) is 98.6 Å². The van der Waals surface area contributed by atoms with E-state index in [1.54, 1.807) is 0 Å². The molecule has 0 spiro atoms. The minimum Gasteiger partial charge on any atom is -0.264 e. The van der Waals surface area contributed by atoms with Gasteiger partial charge in [-0.1, -0.05) is 91.0 Å². The van der Waals surface area contributed by atoms with E-state index in [1.807, 2.05) is 43.0 Å². The number of hydrogen-bond donors (Lipinski definition) is 0. The van der Waals surface area contributed by atoms with E-state index >= 15 is 0 Å². The maximum absolute atomic E-state index is 4.67. The molecule has 0 unspecified atom stereocenters. The molecule has 0 aliphatic carbocycles. The van der Waals surface area contributed by atoms with Gasteiger partial charge in [-0.15, -0.1) is 0 Å². The van der Waals surface area contributed by atoms with E-state index in [0.29, 0.717) is 0 Å². The smallest absolute Gasteiger partial charge is 0.0708 e. The van der Waals surface area contributed by atoms with Gasteiger partial charge in [0.15, 0.2) is 0 Å². The molecule has 0 saturated carbocycles. The molecule has 0 radical (unpaired) electrons. The first-order chi connectivity index (χ1) is 23.8. The number of aromatic nitrogens is 3. The van der Waals surface area contributed by atoms with Crippen LogP contribution in [0.2, 0.25) is 0 Å². The van der Waals surface area contributed by atoms with Crippen LogP contribution in [-0.2, 0) is 0 Å². The number of hydrogen-bond acceptors (Lipinski definition) is 3. The summed E-state index contributed by atoms with van der Waals surface area (Å²) in [7, 11) is 0. The summed E-state index contributed by atoms with van der Waals surface area (Å²) in [6.45, 7) is 0. The van der Waals surface area contributed by atoms with Crippen molar-refractivity contribution >= 4 is 54.1 Å². The SMILES string of the molecule is c1cncc(-c2ccc3ccc4c(-c5cc(-c6cccc7ncccc67)cc(-c6cccc7ncccc67)c5)ccc5ccc2c3c54)c1. The van der Waals surface area contributed by atoms with Gasteiger partial charge in [0.05, 0.1) is 11.0 Å². The van der Waals surface area contributed by atoms with E-state index in [1.165, 1.54) is 60.1 Å². The second kappa shape index (κ2) is 10.5. The van der Waals surface area contributed by atoms with Gasteiger partial charge in [-0.25, -0.2) is 0 Å². The van der Waals surface area contributed by atoms with Crippen molar-refractivity contribution in [2.75, 3.05) is 0 Å². The highest BCUT2D eigenvalue weighted by Gasteiger charge is 2.17. The third-order valence-electron chi connectivity index (χ3n) is 9.79. The lowest BCUT2D eigenvalue weighted by Gasteiger charge is -2.18. The topological polar surface area (TPSA) is 38.7 Å². The van der Waals surface area contributed by atoms with Crippen molar-refractivity contribution in [3.8, 4) is 44.5 Å². The Morgan fingerprint density at radius 2 is 0.812 bits per heavy atom. The van der Waals surface area contributed by atoms with E-state index in [-0.39, 0.29) is 0 Å². The third-order valence-corrected chi connectivity index (χ3v) is 9.79. The molecule has 3 heteroatoms. The number of rotatable bonds is 4. The fraction of sp³-hybridized carbons (Fsp3) is 0. The van der Waals surface area contributed by atoms with Gasteiger partial charge in [0.25, 0.3) is 0 Å². The van der Waals surface area contributed by atoms with Crippen molar-refractivity contribution in [3.05, 3.63) is 164 Å². The molecule has 3 nitrogen and oxygen atoms in total. The molecule has 0 fully saturated rings. The Labute approximate surface area is 277 Å². The second-order valence-electron chi connectivity index (χ2n) is 12.4. The summed E-state index contributed by atoms with van der Waals surface area (Å²) in [5.41, 5.74) is 11.3. The summed E-state index contributed by atoms with van der Waals surface area (Å²) < 4.78 is 0. The molecule has 10 aromatic rings. The standard InChI is InChI=1S/C45H27N3/c1-7-34(38-9-4-22-47-42(38)11-1)31-24-32(35-8-2-12-43-39(35)10-5-23-48-43)26-33(25-31)37-18-14-29-15-19-40-36(30-6-3-21-46-27-30)17-13-28-16-20-41(37)45(29)44(28)40/h1-27H. The van der Waals surface area contributed by atoms with Crippen molar-refractivity contribution < 1.29 is 0 Å². The van der Waals surface area contributed by atoms with E-state index in [2.05, 4.69) is 136 Å². The fourth-order valence-electron chi connectivity index (χ4n) is 7.63. The van der Waals surface area contributed by atoms with E-state index in [0.717, 1.165) is 38.5 Å². The van der Waals surface area contributed by atoms with Gasteiger partial charge in [0, 0.05) is 41.1 Å². The van der Waals surface area contributed by atoms with Gasteiger partial charge in [0.1, 0.15) is 0 Å². The Balaban J connectivity index is 1.27. The molecule has 0 aliphatic heterocycles. The largest absolute Gasteiger partial charge is 0.264 e. The van der Waals surface area contributed by atoms with E-state index in [9.17, 15) is 0 Å². The molecular weight excluding hydrogens is 583 g/mol. The number of benzene rings is 7. The van der Waals surface area contributed by atoms with Crippen LogP contribution in [0.4, 0.5) is 0 Å². The highest BCUT2D eigenvalue weighted by atomic mass is 14.6. The van der Waals surface area contributed by atoms with Crippen molar-refractivity contribution in [1.82, 2.24) is 15.0 Å². The quantitative estimate of drug-likeness (QED) is 0.186. The van der Waals surface area contributed by atoms with Crippen molar-refractivity contribution in [1.29, 1.82) is 0 Å². The first kappa shape index (κ1) is 26.7. The second-order valence-corrected chi connectivity index (χ2v) is 12.4. The Bertz CT molecular complexity index is 2730. The number of nitrogens with zero attached hydrogens (tertiary/aromatic N) is 3. The first-order valence-electron chi connectivity index (χ1n) is 16.2. The highest BCUT2D eigenvalue weighted by Crippen LogP contribution is 2.44. The van der Waals surface area contributed by atoms with Gasteiger partial charge in [0.2, 0.25) is 0 Å². The maximum atomic E-state index is 4.67. The van der Waals surface area contributed by atoms with Gasteiger partial charge < -0.3 is 0 Å². The van der Waals surface area contributed by atoms with E-state index < -0.39 is 0 Å². The van der Waals surface area contributed by atoms with Crippen LogP contribution in [0.15, 0.2) is 164 Å². The minimum atomic E-state index is 0.989. The molecule has 7 aromatic carbocycles. The zero-order chi connectivity index (χ0) is 31.6. The zero-order valence-electron chi connectivity index (χ0n) is 25.9. The van der Waals surface area contributed by atoms with Crippen LogP contribution in [0.5, 0.6) is 0 Å². The summed E-state index contributed by atoms with van der Waals surface area (Å²) in [5.74, 6) is 0. The number of pyridine rings is 3. The van der Waals surface area contributed by atoms with Gasteiger partial charge in [-0.05, 0) is 120 Å². The van der Waals surface area contributed by atoms with Crippen LogP contribution in [0, 0.1) is 0 Å². The highest BCUT2D eigenvalue weighted by molar-refractivity contribution is 6.27. The van der Waals surface area contributed by atoms with Gasteiger partial charge in [-0.2, -0.15) is 0 Å². The Morgan fingerprint density at radius 1 is 0.333 bits per heavy atom. The molecule has 0 amide bonds. The van der Waals surface area contributed by atoms with Gasteiger partial charge in [-0.3, -0.25) is 15.0 Å². The van der Waals surface area contributed by atoms with Crippen molar-refractivity contribution in [2.24, 2.45) is 0 Å². The molecule has 0 aliphatic rings. The van der Waals surface area contributed by atoms with Crippen LogP contribution in [-0.4, -0.2) is 15.0 Å². The maximum Gasteiger partial charge on any atom is 0.0708 e. The fourth-order valence-corrected chi connectivity index (χ4v) is 7.63. The molecule has 3 aromatic heterocycles. The molecule has 0 bridgehead atoms. The normalized spacial score (nSPS) is 11.8.